The Morgan fingerprint density at radius 3 is 2.07 bits per heavy atom. The Hall–Kier alpha value is -1.16. The normalized spacial score (nSPS) is 11.9. The average Bonchev–Trinajstić information content (AvgIpc) is 2.02. The molecule has 1 rings (SSSR count). The number of nitrogens with two attached hydrogens (primary N) is 1. The molecule has 4 heteroatoms. The zero-order valence-corrected chi connectivity index (χ0v) is 8.13. The second-order valence-corrected chi connectivity index (χ2v) is 3.62. The highest BCUT2D eigenvalue weighted by atomic mass is 19.3. The van der Waals surface area contributed by atoms with Crippen LogP contribution in [0.25, 0.3) is 0 Å². The van der Waals surface area contributed by atoms with Crippen molar-refractivity contribution in [1.82, 2.24) is 0 Å². The van der Waals surface area contributed by atoms with Gasteiger partial charge in [-0.2, -0.15) is 8.78 Å². The SMILES string of the molecule is CC(C)(N)c1ccc(OC(F)F)cc1. The van der Waals surface area contributed by atoms with E-state index in [1.807, 2.05) is 13.8 Å². The first-order valence-electron chi connectivity index (χ1n) is 4.24. The van der Waals surface area contributed by atoms with Crippen molar-refractivity contribution in [2.24, 2.45) is 5.73 Å². The van der Waals surface area contributed by atoms with Gasteiger partial charge in [0.25, 0.3) is 0 Å². The van der Waals surface area contributed by atoms with Crippen molar-refractivity contribution in [1.29, 1.82) is 0 Å². The number of hydrogen-bond acceptors (Lipinski definition) is 2. The molecule has 0 amide bonds. The lowest BCUT2D eigenvalue weighted by Gasteiger charge is -2.19. The highest BCUT2D eigenvalue weighted by Crippen LogP contribution is 2.21. The van der Waals surface area contributed by atoms with Gasteiger partial charge in [-0.15, -0.1) is 0 Å². The monoisotopic (exact) mass is 201 g/mol. The van der Waals surface area contributed by atoms with Crippen LogP contribution < -0.4 is 10.5 Å². The third-order valence-corrected chi connectivity index (χ3v) is 1.82. The van der Waals surface area contributed by atoms with Gasteiger partial charge in [-0.1, -0.05) is 12.1 Å². The van der Waals surface area contributed by atoms with E-state index in [-0.39, 0.29) is 5.75 Å². The third kappa shape index (κ3) is 2.96. The molecule has 1 aromatic carbocycles. The number of alkyl halides is 2. The van der Waals surface area contributed by atoms with E-state index in [2.05, 4.69) is 4.74 Å². The maximum absolute atomic E-state index is 11.8. The van der Waals surface area contributed by atoms with Crippen molar-refractivity contribution in [3.63, 3.8) is 0 Å². The fourth-order valence-corrected chi connectivity index (χ4v) is 1.07. The Kier molecular flexibility index (Phi) is 3.06. The van der Waals surface area contributed by atoms with Crippen LogP contribution in [-0.2, 0) is 5.54 Å². The zero-order valence-electron chi connectivity index (χ0n) is 8.13. The molecule has 0 aliphatic carbocycles. The molecule has 2 nitrogen and oxygen atoms in total. The van der Waals surface area contributed by atoms with Crippen molar-refractivity contribution >= 4 is 0 Å². The lowest BCUT2D eigenvalue weighted by molar-refractivity contribution is -0.0498. The topological polar surface area (TPSA) is 35.2 Å². The van der Waals surface area contributed by atoms with E-state index >= 15 is 0 Å². The van der Waals surface area contributed by atoms with Gasteiger partial charge in [0.05, 0.1) is 0 Å². The van der Waals surface area contributed by atoms with Crippen molar-refractivity contribution < 1.29 is 13.5 Å². The zero-order chi connectivity index (χ0) is 10.8. The van der Waals surface area contributed by atoms with Gasteiger partial charge in [0.1, 0.15) is 5.75 Å². The molecule has 0 spiro atoms. The largest absolute Gasteiger partial charge is 0.435 e. The van der Waals surface area contributed by atoms with E-state index in [1.54, 1.807) is 12.1 Å². The van der Waals surface area contributed by atoms with Gasteiger partial charge >= 0.3 is 6.61 Å². The van der Waals surface area contributed by atoms with Gasteiger partial charge in [0, 0.05) is 5.54 Å². The van der Waals surface area contributed by atoms with Crippen LogP contribution in [0.3, 0.4) is 0 Å². The first-order valence-corrected chi connectivity index (χ1v) is 4.24. The Balaban J connectivity index is 2.79. The molecule has 2 N–H and O–H groups in total. The Morgan fingerprint density at radius 1 is 1.21 bits per heavy atom. The van der Waals surface area contributed by atoms with Crippen molar-refractivity contribution in [3.05, 3.63) is 29.8 Å². The molecular formula is C10H13F2NO. The first-order chi connectivity index (χ1) is 6.39. The minimum Gasteiger partial charge on any atom is -0.435 e. The third-order valence-electron chi connectivity index (χ3n) is 1.82. The number of ether oxygens (including phenoxy) is 1. The number of benzene rings is 1. The molecule has 0 saturated carbocycles. The number of hydrogen-bond donors (Lipinski definition) is 1. The van der Waals surface area contributed by atoms with Gasteiger partial charge in [-0.05, 0) is 31.5 Å². The van der Waals surface area contributed by atoms with Crippen molar-refractivity contribution in [2.45, 2.75) is 26.0 Å². The lowest BCUT2D eigenvalue weighted by atomic mass is 9.96. The van der Waals surface area contributed by atoms with Gasteiger partial charge in [-0.25, -0.2) is 0 Å². The second kappa shape index (κ2) is 3.92. The second-order valence-electron chi connectivity index (χ2n) is 3.62. The Bertz CT molecular complexity index is 290. The molecule has 0 fully saturated rings. The summed E-state index contributed by atoms with van der Waals surface area (Å²) in [5.41, 5.74) is 6.22. The average molecular weight is 201 g/mol. The van der Waals surface area contributed by atoms with Crippen LogP contribution in [0.5, 0.6) is 5.75 Å². The molecule has 0 unspecified atom stereocenters. The van der Waals surface area contributed by atoms with Crippen LogP contribution in [0.4, 0.5) is 8.78 Å². The summed E-state index contributed by atoms with van der Waals surface area (Å²) in [4.78, 5) is 0. The summed E-state index contributed by atoms with van der Waals surface area (Å²) in [7, 11) is 0. The molecule has 14 heavy (non-hydrogen) atoms. The number of halogens is 2. The standard InChI is InChI=1S/C10H13F2NO/c1-10(2,13)7-3-5-8(6-4-7)14-9(11)12/h3-6,9H,13H2,1-2H3. The number of rotatable bonds is 3. The van der Waals surface area contributed by atoms with Gasteiger partial charge in [0.15, 0.2) is 0 Å². The predicted octanol–water partition coefficient (Wildman–Crippen LogP) is 2.48. The summed E-state index contributed by atoms with van der Waals surface area (Å²) in [6.07, 6.45) is 0. The molecule has 0 saturated heterocycles. The summed E-state index contributed by atoms with van der Waals surface area (Å²) >= 11 is 0. The summed E-state index contributed by atoms with van der Waals surface area (Å²) in [5.74, 6) is 0.146. The highest BCUT2D eigenvalue weighted by Gasteiger charge is 2.13. The molecule has 0 bridgehead atoms. The van der Waals surface area contributed by atoms with Crippen LogP contribution >= 0.6 is 0 Å². The van der Waals surface area contributed by atoms with Crippen LogP contribution in [0.2, 0.25) is 0 Å². The van der Waals surface area contributed by atoms with E-state index in [0.717, 1.165) is 5.56 Å². The molecular weight excluding hydrogens is 188 g/mol. The minimum absolute atomic E-state index is 0.146. The van der Waals surface area contributed by atoms with E-state index in [9.17, 15) is 8.78 Å². The van der Waals surface area contributed by atoms with E-state index < -0.39 is 12.2 Å². The summed E-state index contributed by atoms with van der Waals surface area (Å²) in [6.45, 7) is 0.901. The summed E-state index contributed by atoms with van der Waals surface area (Å²) in [6, 6.07) is 6.32. The van der Waals surface area contributed by atoms with E-state index in [0.29, 0.717) is 0 Å². The lowest BCUT2D eigenvalue weighted by Crippen LogP contribution is -2.28. The van der Waals surface area contributed by atoms with Crippen LogP contribution in [0, 0.1) is 0 Å². The minimum atomic E-state index is -2.79. The van der Waals surface area contributed by atoms with E-state index in [4.69, 9.17) is 5.73 Å². The highest BCUT2D eigenvalue weighted by molar-refractivity contribution is 5.30. The van der Waals surface area contributed by atoms with Crippen molar-refractivity contribution in [3.8, 4) is 5.75 Å². The van der Waals surface area contributed by atoms with E-state index in [1.165, 1.54) is 12.1 Å². The molecule has 0 aliphatic rings. The fraction of sp³-hybridized carbons (Fsp3) is 0.400. The fourth-order valence-electron chi connectivity index (χ4n) is 1.07. The van der Waals surface area contributed by atoms with Crippen molar-refractivity contribution in [2.75, 3.05) is 0 Å². The Labute approximate surface area is 81.7 Å². The maximum atomic E-state index is 11.8. The summed E-state index contributed by atoms with van der Waals surface area (Å²) < 4.78 is 27.8. The quantitative estimate of drug-likeness (QED) is 0.815. The van der Waals surface area contributed by atoms with Gasteiger partial charge in [0.2, 0.25) is 0 Å². The van der Waals surface area contributed by atoms with Gasteiger partial charge < -0.3 is 10.5 Å². The molecule has 0 aliphatic heterocycles. The van der Waals surface area contributed by atoms with Crippen LogP contribution in [0.1, 0.15) is 19.4 Å². The molecule has 78 valence electrons. The Morgan fingerprint density at radius 2 is 1.71 bits per heavy atom. The first kappa shape index (κ1) is 10.9. The van der Waals surface area contributed by atoms with Gasteiger partial charge in [-0.3, -0.25) is 0 Å². The molecule has 0 atom stereocenters. The smallest absolute Gasteiger partial charge is 0.387 e. The molecule has 0 heterocycles. The molecule has 0 aromatic heterocycles. The molecule has 0 radical (unpaired) electrons. The maximum Gasteiger partial charge on any atom is 0.387 e. The summed E-state index contributed by atoms with van der Waals surface area (Å²) in [5, 5.41) is 0. The van der Waals surface area contributed by atoms with Crippen LogP contribution in [0.15, 0.2) is 24.3 Å². The predicted molar refractivity (Wildman–Crippen MR) is 50.3 cm³/mol. The molecule has 1 aromatic rings. The van der Waals surface area contributed by atoms with Crippen LogP contribution in [-0.4, -0.2) is 6.61 Å².